The van der Waals surface area contributed by atoms with E-state index in [1.807, 2.05) is 72.7 Å². The van der Waals surface area contributed by atoms with Crippen LogP contribution in [0, 0.1) is 13.8 Å². The van der Waals surface area contributed by atoms with Crippen LogP contribution in [-0.2, 0) is 9.31 Å². The third kappa shape index (κ3) is 5.30. The van der Waals surface area contributed by atoms with E-state index in [4.69, 9.17) is 25.3 Å². The van der Waals surface area contributed by atoms with Crippen molar-refractivity contribution in [3.8, 4) is 11.3 Å². The van der Waals surface area contributed by atoms with Gasteiger partial charge in [-0.15, -0.1) is 0 Å². The number of hydrogen-bond donors (Lipinski definition) is 1. The second-order valence-electron chi connectivity index (χ2n) is 12.9. The van der Waals surface area contributed by atoms with E-state index in [2.05, 4.69) is 16.4 Å². The summed E-state index contributed by atoms with van der Waals surface area (Å²) in [5.74, 6) is 1.11. The van der Waals surface area contributed by atoms with Crippen molar-refractivity contribution in [3.63, 3.8) is 0 Å². The van der Waals surface area contributed by atoms with Gasteiger partial charge in [-0.05, 0) is 90.5 Å². The van der Waals surface area contributed by atoms with E-state index in [9.17, 15) is 9.59 Å². The molecule has 1 unspecified atom stereocenters. The molecule has 2 aromatic heterocycles. The fourth-order valence-corrected chi connectivity index (χ4v) is 5.87. The zero-order valence-electron chi connectivity index (χ0n) is 25.6. The molecule has 1 saturated carbocycles. The number of rotatable bonds is 7. The molecule has 1 aliphatic heterocycles. The summed E-state index contributed by atoms with van der Waals surface area (Å²) >= 11 is 6.41. The molecule has 1 atom stereocenters. The second-order valence-corrected chi connectivity index (χ2v) is 13.3. The van der Waals surface area contributed by atoms with Gasteiger partial charge in [-0.3, -0.25) is 9.59 Å². The van der Waals surface area contributed by atoms with E-state index in [0.717, 1.165) is 47.3 Å². The van der Waals surface area contributed by atoms with Crippen LogP contribution in [0.25, 0.3) is 22.2 Å². The highest BCUT2D eigenvalue weighted by Crippen LogP contribution is 2.43. The van der Waals surface area contributed by atoms with Crippen molar-refractivity contribution < 1.29 is 18.5 Å². The van der Waals surface area contributed by atoms with E-state index in [-0.39, 0.29) is 11.5 Å². The third-order valence-electron chi connectivity index (χ3n) is 9.07. The summed E-state index contributed by atoms with van der Waals surface area (Å²) < 4.78 is 19.0. The Labute approximate surface area is 257 Å². The van der Waals surface area contributed by atoms with Crippen LogP contribution in [0.15, 0.2) is 51.7 Å². The SMILES string of the molecule is Cc1cc(C(C)Nc2ccc(Cl)nc2-c2ccc(C=O)c(B3OC(C)(C)C(C)(C)O3)c2)c2oc(C3CC3)c(C)c(=O)c2c1. The molecule has 6 rings (SSSR count). The molecule has 1 saturated heterocycles. The number of fused-ring (bicyclic) bond motifs is 1. The minimum Gasteiger partial charge on any atom is -0.460 e. The van der Waals surface area contributed by atoms with Gasteiger partial charge in [-0.2, -0.15) is 0 Å². The van der Waals surface area contributed by atoms with E-state index in [1.54, 1.807) is 12.1 Å². The van der Waals surface area contributed by atoms with Gasteiger partial charge in [0.15, 0.2) is 5.43 Å². The summed E-state index contributed by atoms with van der Waals surface area (Å²) in [6.07, 6.45) is 2.90. The number of aldehydes is 1. The molecule has 222 valence electrons. The molecule has 2 aromatic carbocycles. The number of nitrogens with one attached hydrogen (secondary N) is 1. The molecule has 0 radical (unpaired) electrons. The third-order valence-corrected chi connectivity index (χ3v) is 9.28. The maximum absolute atomic E-state index is 13.4. The number of benzene rings is 2. The molecule has 9 heteroatoms. The maximum Gasteiger partial charge on any atom is 0.495 e. The normalized spacial score (nSPS) is 18.2. The first-order chi connectivity index (χ1) is 20.3. The van der Waals surface area contributed by atoms with E-state index in [1.165, 1.54) is 0 Å². The number of aryl methyl sites for hydroxylation is 1. The van der Waals surface area contributed by atoms with Gasteiger partial charge >= 0.3 is 7.12 Å². The summed E-state index contributed by atoms with van der Waals surface area (Å²) in [7, 11) is -0.717. The molecule has 2 aliphatic rings. The predicted molar refractivity (Wildman–Crippen MR) is 172 cm³/mol. The first-order valence-electron chi connectivity index (χ1n) is 14.8. The van der Waals surface area contributed by atoms with Gasteiger partial charge in [-0.25, -0.2) is 4.98 Å². The summed E-state index contributed by atoms with van der Waals surface area (Å²) in [5, 5.41) is 4.53. The number of hydrogen-bond acceptors (Lipinski definition) is 7. The quantitative estimate of drug-likeness (QED) is 0.136. The highest BCUT2D eigenvalue weighted by molar-refractivity contribution is 6.63. The monoisotopic (exact) mass is 598 g/mol. The summed E-state index contributed by atoms with van der Waals surface area (Å²) in [4.78, 5) is 30.1. The Morgan fingerprint density at radius 3 is 2.40 bits per heavy atom. The smallest absolute Gasteiger partial charge is 0.460 e. The van der Waals surface area contributed by atoms with Crippen LogP contribution < -0.4 is 16.2 Å². The first-order valence-corrected chi connectivity index (χ1v) is 15.1. The molecule has 1 aliphatic carbocycles. The molecular weight excluding hydrogens is 563 g/mol. The topological polar surface area (TPSA) is 90.7 Å². The van der Waals surface area contributed by atoms with Crippen LogP contribution in [0.3, 0.4) is 0 Å². The highest BCUT2D eigenvalue weighted by atomic mass is 35.5. The lowest BCUT2D eigenvalue weighted by Crippen LogP contribution is -2.41. The lowest BCUT2D eigenvalue weighted by molar-refractivity contribution is 0.00578. The Hall–Kier alpha value is -3.46. The lowest BCUT2D eigenvalue weighted by atomic mass is 9.75. The van der Waals surface area contributed by atoms with Crippen molar-refractivity contribution in [2.75, 3.05) is 5.32 Å². The summed E-state index contributed by atoms with van der Waals surface area (Å²) in [6, 6.07) is 12.8. The molecule has 0 bridgehead atoms. The lowest BCUT2D eigenvalue weighted by Gasteiger charge is -2.32. The second kappa shape index (κ2) is 10.6. The van der Waals surface area contributed by atoms with Crippen LogP contribution in [0.4, 0.5) is 5.69 Å². The minimum atomic E-state index is -0.717. The number of anilines is 1. The van der Waals surface area contributed by atoms with Gasteiger partial charge in [0.25, 0.3) is 0 Å². The van der Waals surface area contributed by atoms with Crippen molar-refractivity contribution in [1.82, 2.24) is 4.98 Å². The Morgan fingerprint density at radius 2 is 1.74 bits per heavy atom. The molecule has 1 N–H and O–H groups in total. The Morgan fingerprint density at radius 1 is 1.05 bits per heavy atom. The molecule has 2 fully saturated rings. The predicted octanol–water partition coefficient (Wildman–Crippen LogP) is 7.29. The van der Waals surface area contributed by atoms with Crippen LogP contribution in [-0.4, -0.2) is 29.6 Å². The summed E-state index contributed by atoms with van der Waals surface area (Å²) in [6.45, 7) is 13.8. The highest BCUT2D eigenvalue weighted by Gasteiger charge is 2.52. The van der Waals surface area contributed by atoms with Crippen LogP contribution in [0.1, 0.15) is 92.2 Å². The van der Waals surface area contributed by atoms with E-state index >= 15 is 0 Å². The standard InChI is InChI=1S/C34H36BClN2O5/c1-18-14-24(32-25(15-18)30(40)19(2)31(41-32)21-8-9-21)20(3)37-27-12-13-28(36)38-29(27)22-10-11-23(17-39)26(16-22)35-42-33(4,5)34(6,7)43-35/h10-17,20-21,37H,8-9H2,1-7H3. The number of halogens is 1. The molecule has 0 amide bonds. The fraction of sp³-hybridized carbons (Fsp3) is 0.382. The van der Waals surface area contributed by atoms with Crippen LogP contribution in [0.2, 0.25) is 5.15 Å². The van der Waals surface area contributed by atoms with Gasteiger partial charge in [0.1, 0.15) is 22.8 Å². The Balaban J connectivity index is 1.41. The average Bonchev–Trinajstić information content (AvgIpc) is 3.77. The molecule has 7 nitrogen and oxygen atoms in total. The van der Waals surface area contributed by atoms with Crippen molar-refractivity contribution in [1.29, 1.82) is 0 Å². The van der Waals surface area contributed by atoms with E-state index in [0.29, 0.717) is 44.3 Å². The maximum atomic E-state index is 13.4. The molecule has 0 spiro atoms. The van der Waals surface area contributed by atoms with E-state index < -0.39 is 18.3 Å². The fourth-order valence-electron chi connectivity index (χ4n) is 5.73. The van der Waals surface area contributed by atoms with Gasteiger partial charge < -0.3 is 19.0 Å². The largest absolute Gasteiger partial charge is 0.495 e. The van der Waals surface area contributed by atoms with Crippen LogP contribution in [0.5, 0.6) is 0 Å². The zero-order valence-corrected chi connectivity index (χ0v) is 26.4. The molecule has 3 heterocycles. The zero-order chi connectivity index (χ0) is 30.8. The van der Waals surface area contributed by atoms with Crippen LogP contribution >= 0.6 is 11.6 Å². The summed E-state index contributed by atoms with van der Waals surface area (Å²) in [5.41, 5.74) is 5.30. The van der Waals surface area contributed by atoms with Crippen molar-refractivity contribution in [3.05, 3.63) is 85.9 Å². The number of nitrogens with zero attached hydrogens (tertiary/aromatic N) is 1. The van der Waals surface area contributed by atoms with Crippen molar-refractivity contribution in [2.24, 2.45) is 0 Å². The first kappa shape index (κ1) is 29.6. The Bertz CT molecular complexity index is 1810. The van der Waals surface area contributed by atoms with Crippen molar-refractivity contribution in [2.45, 2.75) is 84.5 Å². The van der Waals surface area contributed by atoms with Gasteiger partial charge in [-0.1, -0.05) is 35.9 Å². The number of carbonyl (C=O) groups excluding carboxylic acids is 1. The van der Waals surface area contributed by atoms with Crippen molar-refractivity contribution >= 4 is 47.1 Å². The van der Waals surface area contributed by atoms with Gasteiger partial charge in [0.05, 0.1) is 34.0 Å². The number of carbonyl (C=O) groups is 1. The Kier molecular flexibility index (Phi) is 7.31. The van der Waals surface area contributed by atoms with Gasteiger partial charge in [0, 0.05) is 28.2 Å². The molecular formula is C34H36BClN2O5. The molecule has 43 heavy (non-hydrogen) atoms. The molecule has 4 aromatic rings. The van der Waals surface area contributed by atoms with Gasteiger partial charge in [0.2, 0.25) is 0 Å². The average molecular weight is 599 g/mol. The number of aromatic nitrogens is 1. The minimum absolute atomic E-state index is 0.0275. The number of pyridine rings is 1.